The number of para-hydroxylation sites is 3. The van der Waals surface area contributed by atoms with Crippen LogP contribution in [0.15, 0.2) is 271 Å². The van der Waals surface area contributed by atoms with Crippen molar-refractivity contribution in [3.8, 4) is 85.1 Å². The van der Waals surface area contributed by atoms with Crippen LogP contribution >= 0.6 is 0 Å². The number of benzene rings is 9. The Bertz CT molecular complexity index is 4040. The molecule has 4 aromatic heterocycles. The lowest BCUT2D eigenvalue weighted by Crippen LogP contribution is -1.99. The summed E-state index contributed by atoms with van der Waals surface area (Å²) < 4.78 is 12.0. The summed E-state index contributed by atoms with van der Waals surface area (Å²) in [5, 5.41) is 25.6. The fraction of sp³-hybridized carbons (Fsp3) is 0.0714. The van der Waals surface area contributed by atoms with E-state index in [1.807, 2.05) is 167 Å². The fourth-order valence-corrected chi connectivity index (χ4v) is 9.11. The van der Waals surface area contributed by atoms with Crippen LogP contribution in [0.25, 0.3) is 91.2 Å². The Morgan fingerprint density at radius 2 is 0.642 bits per heavy atom. The van der Waals surface area contributed by atoms with Crippen molar-refractivity contribution in [3.63, 3.8) is 0 Å². The molecule has 81 heavy (non-hydrogen) atoms. The van der Waals surface area contributed by atoms with Gasteiger partial charge in [0.1, 0.15) is 17.5 Å². The summed E-state index contributed by atoms with van der Waals surface area (Å²) in [5.74, 6) is 6.71. The van der Waals surface area contributed by atoms with E-state index in [0.29, 0.717) is 5.89 Å². The molecule has 0 aliphatic carbocycles. The maximum atomic E-state index is 5.83. The predicted octanol–water partition coefficient (Wildman–Crippen LogP) is 16.7. The molecular formula is C70H60N10O. The minimum absolute atomic E-state index is 0.649. The molecule has 11 nitrogen and oxygen atoms in total. The zero-order chi connectivity index (χ0) is 55.8. The van der Waals surface area contributed by atoms with E-state index in [2.05, 4.69) is 184 Å². The van der Waals surface area contributed by atoms with Crippen LogP contribution in [0.3, 0.4) is 0 Å². The molecule has 13 rings (SSSR count). The monoisotopic (exact) mass is 1060 g/mol. The van der Waals surface area contributed by atoms with E-state index in [1.165, 1.54) is 22.3 Å². The van der Waals surface area contributed by atoms with Crippen molar-refractivity contribution in [2.45, 2.75) is 34.6 Å². The summed E-state index contributed by atoms with van der Waals surface area (Å²) in [6, 6.07) is 86.0. The third-order valence-corrected chi connectivity index (χ3v) is 13.2. The van der Waals surface area contributed by atoms with Crippen LogP contribution in [0.1, 0.15) is 35.5 Å². The number of hydrogen-bond donors (Lipinski definition) is 0. The van der Waals surface area contributed by atoms with Gasteiger partial charge in [0.2, 0.25) is 5.89 Å². The molecule has 0 saturated heterocycles. The van der Waals surface area contributed by atoms with Crippen LogP contribution in [-0.2, 0) is 0 Å². The Labute approximate surface area is 472 Å². The van der Waals surface area contributed by atoms with Crippen LogP contribution in [0, 0.1) is 27.7 Å². The minimum atomic E-state index is 0.649. The molecule has 0 bridgehead atoms. The number of rotatable bonds is 10. The highest BCUT2D eigenvalue weighted by molar-refractivity contribution is 5.69. The van der Waals surface area contributed by atoms with E-state index in [1.54, 1.807) is 6.20 Å². The molecule has 0 N–H and O–H groups in total. The predicted molar refractivity (Wildman–Crippen MR) is 327 cm³/mol. The molecule has 4 heterocycles. The first-order chi connectivity index (χ1) is 39.8. The molecule has 0 radical (unpaired) electrons. The molecule has 0 aliphatic heterocycles. The molecule has 0 fully saturated rings. The summed E-state index contributed by atoms with van der Waals surface area (Å²) in [7, 11) is 0. The van der Waals surface area contributed by atoms with Crippen molar-refractivity contribution >= 4 is 6.08 Å². The van der Waals surface area contributed by atoms with E-state index in [4.69, 9.17) is 4.42 Å². The van der Waals surface area contributed by atoms with Gasteiger partial charge in [0.15, 0.2) is 23.2 Å². The van der Waals surface area contributed by atoms with Crippen LogP contribution < -0.4 is 0 Å². The van der Waals surface area contributed by atoms with E-state index in [0.717, 1.165) is 85.6 Å². The second-order valence-electron chi connectivity index (χ2n) is 18.9. The van der Waals surface area contributed by atoms with Gasteiger partial charge in [-0.3, -0.25) is 13.7 Å². The molecule has 0 unspecified atom stereocenters. The molecule has 9 aromatic carbocycles. The topological polar surface area (TPSA) is 118 Å². The molecule has 0 aliphatic rings. The normalized spacial score (nSPS) is 10.7. The number of oxazole rings is 1. The Morgan fingerprint density at radius 1 is 0.321 bits per heavy atom. The first kappa shape index (κ1) is 53.7. The van der Waals surface area contributed by atoms with E-state index < -0.39 is 0 Å². The van der Waals surface area contributed by atoms with E-state index >= 15 is 0 Å². The second kappa shape index (κ2) is 26.1. The van der Waals surface area contributed by atoms with Crippen molar-refractivity contribution in [1.29, 1.82) is 0 Å². The largest absolute Gasteiger partial charge is 0.436 e. The van der Waals surface area contributed by atoms with Gasteiger partial charge < -0.3 is 4.42 Å². The molecule has 0 amide bonds. The zero-order valence-electron chi connectivity index (χ0n) is 45.9. The molecular weight excluding hydrogens is 997 g/mol. The van der Waals surface area contributed by atoms with Gasteiger partial charge in [-0.05, 0) is 99.8 Å². The van der Waals surface area contributed by atoms with Crippen LogP contribution in [0.5, 0.6) is 0 Å². The van der Waals surface area contributed by atoms with Gasteiger partial charge in [-0.1, -0.05) is 224 Å². The SMILES string of the molecule is C/C=C/c1ccc(-c2ncc(-c3ccccc3)o2)cc1.Cc1ccc(-c2nnc(C)n2-c2ccccc2)cc1.Cc1nnc(-c2ccc(-c3ccccc3)cc2)n1-c1ccccc1.Cc1nnc(-c2ccccc2)n1-c1ccccc1. The summed E-state index contributed by atoms with van der Waals surface area (Å²) in [6.45, 7) is 10.00. The standard InChI is InChI=1S/C21H17N3.C18H15NO.C16H15N3.C15H13N3/c1-16-22-23-21(24(16)20-10-6-3-7-11-20)19-14-12-18(13-15-19)17-8-4-2-5-9-17;1-2-6-14-9-11-16(12-10-14)18-19-13-17(20-18)15-7-4-3-5-8-15;1-12-8-10-14(11-9-12)16-18-17-13(2)19(16)15-6-4-3-5-7-15;1-12-16-17-15(13-8-4-2-5-9-13)18(12)14-10-6-3-7-11-14/h2-15H,1H3;2-13H,1H3;3-11H,1-2H3;2-11H,1H3/b;6-2+;;. The molecule has 0 saturated carbocycles. The number of aryl methyl sites for hydroxylation is 4. The van der Waals surface area contributed by atoms with Crippen molar-refractivity contribution < 1.29 is 4.42 Å². The van der Waals surface area contributed by atoms with E-state index in [-0.39, 0.29) is 0 Å². The smallest absolute Gasteiger partial charge is 0.226 e. The summed E-state index contributed by atoms with van der Waals surface area (Å²) in [4.78, 5) is 4.35. The molecule has 396 valence electrons. The van der Waals surface area contributed by atoms with E-state index in [9.17, 15) is 0 Å². The average Bonchev–Trinajstić information content (AvgIpc) is 4.38. The summed E-state index contributed by atoms with van der Waals surface area (Å²) in [5.41, 5.74) is 13.3. The maximum absolute atomic E-state index is 5.83. The van der Waals surface area contributed by atoms with Crippen molar-refractivity contribution in [2.24, 2.45) is 0 Å². The number of aromatic nitrogens is 10. The van der Waals surface area contributed by atoms with Gasteiger partial charge in [0.05, 0.1) is 6.20 Å². The quantitative estimate of drug-likeness (QED) is 0.133. The lowest BCUT2D eigenvalue weighted by Gasteiger charge is -2.09. The van der Waals surface area contributed by atoms with Crippen molar-refractivity contribution in [1.82, 2.24) is 49.3 Å². The number of hydrogen-bond acceptors (Lipinski definition) is 8. The third-order valence-electron chi connectivity index (χ3n) is 13.2. The fourth-order valence-electron chi connectivity index (χ4n) is 9.11. The van der Waals surface area contributed by atoms with Crippen LogP contribution in [0.2, 0.25) is 0 Å². The van der Waals surface area contributed by atoms with Gasteiger partial charge in [-0.15, -0.1) is 30.6 Å². The van der Waals surface area contributed by atoms with Crippen molar-refractivity contribution in [3.05, 3.63) is 296 Å². The molecule has 13 aromatic rings. The highest BCUT2D eigenvalue weighted by Crippen LogP contribution is 2.29. The highest BCUT2D eigenvalue weighted by Gasteiger charge is 2.15. The second-order valence-corrected chi connectivity index (χ2v) is 18.9. The van der Waals surface area contributed by atoms with Gasteiger partial charge in [0, 0.05) is 44.9 Å². The summed E-state index contributed by atoms with van der Waals surface area (Å²) >= 11 is 0. The minimum Gasteiger partial charge on any atom is -0.436 e. The third kappa shape index (κ3) is 13.2. The Balaban J connectivity index is 0.000000122. The Kier molecular flexibility index (Phi) is 17.3. The summed E-state index contributed by atoms with van der Waals surface area (Å²) in [6.07, 6.45) is 5.85. The zero-order valence-corrected chi connectivity index (χ0v) is 45.9. The van der Waals surface area contributed by atoms with Crippen LogP contribution in [-0.4, -0.2) is 49.3 Å². The van der Waals surface area contributed by atoms with Gasteiger partial charge in [-0.25, -0.2) is 4.98 Å². The van der Waals surface area contributed by atoms with Gasteiger partial charge >= 0.3 is 0 Å². The maximum Gasteiger partial charge on any atom is 0.226 e. The van der Waals surface area contributed by atoms with Crippen LogP contribution in [0.4, 0.5) is 0 Å². The number of allylic oxidation sites excluding steroid dienone is 1. The highest BCUT2D eigenvalue weighted by atomic mass is 16.4. The first-order valence-corrected chi connectivity index (χ1v) is 26.8. The Morgan fingerprint density at radius 3 is 1.05 bits per heavy atom. The molecule has 0 atom stereocenters. The van der Waals surface area contributed by atoms with Crippen molar-refractivity contribution in [2.75, 3.05) is 0 Å². The molecule has 0 spiro atoms. The first-order valence-electron chi connectivity index (χ1n) is 26.8. The average molecular weight is 1060 g/mol. The van der Waals surface area contributed by atoms with Gasteiger partial charge in [-0.2, -0.15) is 0 Å². The van der Waals surface area contributed by atoms with Gasteiger partial charge in [0.25, 0.3) is 0 Å². The number of nitrogens with zero attached hydrogens (tertiary/aromatic N) is 10. The lowest BCUT2D eigenvalue weighted by molar-refractivity contribution is 0.589. The lowest BCUT2D eigenvalue weighted by atomic mass is 10.0. The Hall–Kier alpha value is -10.7. The molecule has 11 heteroatoms.